The van der Waals surface area contributed by atoms with Gasteiger partial charge in [0.15, 0.2) is 0 Å². The predicted molar refractivity (Wildman–Crippen MR) is 71.6 cm³/mol. The highest BCUT2D eigenvalue weighted by atomic mass is 79.9. The smallest absolute Gasteiger partial charge is 0.123 e. The molecule has 0 bridgehead atoms. The molecule has 16 heavy (non-hydrogen) atoms. The van der Waals surface area contributed by atoms with Crippen molar-refractivity contribution in [3.63, 3.8) is 0 Å². The molecule has 1 aromatic carbocycles. The average Bonchev–Trinajstić information content (AvgIpc) is 2.15. The maximum atomic E-state index is 13.0. The minimum atomic E-state index is -0.144. The maximum absolute atomic E-state index is 13.0. The highest BCUT2D eigenvalue weighted by Crippen LogP contribution is 2.26. The van der Waals surface area contributed by atoms with Gasteiger partial charge in [0.2, 0.25) is 0 Å². The summed E-state index contributed by atoms with van der Waals surface area (Å²) in [5, 5.41) is 0. The van der Waals surface area contributed by atoms with Crippen LogP contribution in [0.5, 0.6) is 0 Å². The van der Waals surface area contributed by atoms with Gasteiger partial charge < -0.3 is 0 Å². The summed E-state index contributed by atoms with van der Waals surface area (Å²) in [6.45, 7) is 8.64. The fourth-order valence-corrected chi connectivity index (χ4v) is 2.87. The van der Waals surface area contributed by atoms with Crippen molar-refractivity contribution in [3.05, 3.63) is 35.1 Å². The molecule has 1 rings (SSSR count). The number of halogens is 2. The van der Waals surface area contributed by atoms with E-state index in [4.69, 9.17) is 0 Å². The van der Waals surface area contributed by atoms with E-state index in [0.29, 0.717) is 16.7 Å². The largest absolute Gasteiger partial charge is 0.207 e. The first-order valence-electron chi connectivity index (χ1n) is 5.81. The van der Waals surface area contributed by atoms with Gasteiger partial charge in [-0.25, -0.2) is 4.39 Å². The van der Waals surface area contributed by atoms with Crippen molar-refractivity contribution in [3.8, 4) is 0 Å². The number of aryl methyl sites for hydroxylation is 1. The zero-order chi connectivity index (χ0) is 12.3. The molecule has 0 fully saturated rings. The summed E-state index contributed by atoms with van der Waals surface area (Å²) in [5.74, 6) is 1.07. The molecule has 2 heteroatoms. The van der Waals surface area contributed by atoms with E-state index in [2.05, 4.69) is 36.7 Å². The van der Waals surface area contributed by atoms with Gasteiger partial charge in [0.05, 0.1) is 0 Å². The van der Waals surface area contributed by atoms with Crippen molar-refractivity contribution >= 4 is 15.9 Å². The van der Waals surface area contributed by atoms with Crippen LogP contribution in [0.1, 0.15) is 31.9 Å². The molecule has 0 radical (unpaired) electrons. The molecule has 2 unspecified atom stereocenters. The zero-order valence-corrected chi connectivity index (χ0v) is 12.0. The topological polar surface area (TPSA) is 0 Å². The van der Waals surface area contributed by atoms with Crippen LogP contribution >= 0.6 is 15.9 Å². The van der Waals surface area contributed by atoms with Gasteiger partial charge in [-0.15, -0.1) is 0 Å². The highest BCUT2D eigenvalue weighted by molar-refractivity contribution is 9.09. The van der Waals surface area contributed by atoms with E-state index in [1.165, 1.54) is 5.56 Å². The molecule has 0 N–H and O–H groups in total. The van der Waals surface area contributed by atoms with Crippen molar-refractivity contribution in [2.24, 2.45) is 11.8 Å². The van der Waals surface area contributed by atoms with Crippen LogP contribution < -0.4 is 0 Å². The quantitative estimate of drug-likeness (QED) is 0.702. The van der Waals surface area contributed by atoms with Gasteiger partial charge in [-0.3, -0.25) is 0 Å². The van der Waals surface area contributed by atoms with Crippen LogP contribution in [-0.2, 0) is 6.42 Å². The van der Waals surface area contributed by atoms with Crippen molar-refractivity contribution in [2.75, 3.05) is 0 Å². The maximum Gasteiger partial charge on any atom is 0.123 e. The lowest BCUT2D eigenvalue weighted by molar-refractivity contribution is 0.383. The summed E-state index contributed by atoms with van der Waals surface area (Å²) in [4.78, 5) is 0.483. The number of benzene rings is 1. The normalized spacial score (nSPS) is 15.2. The molecule has 90 valence electrons. The fourth-order valence-electron chi connectivity index (χ4n) is 2.07. The Hall–Kier alpha value is -0.370. The first-order valence-corrected chi connectivity index (χ1v) is 6.72. The molecule has 0 aliphatic heterocycles. The minimum Gasteiger partial charge on any atom is -0.207 e. The first-order chi connectivity index (χ1) is 7.41. The molecule has 2 atom stereocenters. The Balaban J connectivity index is 2.85. The third-order valence-corrected chi connectivity index (χ3v) is 3.89. The summed E-state index contributed by atoms with van der Waals surface area (Å²) >= 11 is 3.66. The summed E-state index contributed by atoms with van der Waals surface area (Å²) in [6.07, 6.45) is 1.01. The molecule has 0 aliphatic rings. The SMILES string of the molecule is Cc1cc(F)ccc1CC(C(C)C)C(C)Br. The Morgan fingerprint density at radius 2 is 1.88 bits per heavy atom. The monoisotopic (exact) mass is 286 g/mol. The lowest BCUT2D eigenvalue weighted by Crippen LogP contribution is -2.20. The van der Waals surface area contributed by atoms with E-state index < -0.39 is 0 Å². The van der Waals surface area contributed by atoms with Crippen LogP contribution in [0.25, 0.3) is 0 Å². The molecule has 0 heterocycles. The van der Waals surface area contributed by atoms with Crippen molar-refractivity contribution in [1.29, 1.82) is 0 Å². The van der Waals surface area contributed by atoms with Crippen LogP contribution in [-0.4, -0.2) is 4.83 Å². The molecule has 1 aromatic rings. The molecule has 0 spiro atoms. The number of hydrogen-bond donors (Lipinski definition) is 0. The Bertz CT molecular complexity index is 337. The molecule has 0 aliphatic carbocycles. The lowest BCUT2D eigenvalue weighted by Gasteiger charge is -2.24. The summed E-state index contributed by atoms with van der Waals surface area (Å²) < 4.78 is 13.0. The van der Waals surface area contributed by atoms with Gasteiger partial charge in [0, 0.05) is 4.83 Å². The molecular weight excluding hydrogens is 267 g/mol. The molecular formula is C14H20BrF. The van der Waals surface area contributed by atoms with Gasteiger partial charge in [-0.1, -0.05) is 42.8 Å². The molecule has 0 nitrogen and oxygen atoms in total. The highest BCUT2D eigenvalue weighted by Gasteiger charge is 2.19. The Labute approximate surface area is 106 Å². The number of hydrogen-bond acceptors (Lipinski definition) is 0. The first kappa shape index (κ1) is 13.7. The molecule has 0 saturated carbocycles. The van der Waals surface area contributed by atoms with Crippen LogP contribution in [0, 0.1) is 24.6 Å². The summed E-state index contributed by atoms with van der Waals surface area (Å²) in [5.41, 5.74) is 2.31. The third-order valence-electron chi connectivity index (χ3n) is 3.21. The summed E-state index contributed by atoms with van der Waals surface area (Å²) in [6, 6.07) is 5.08. The molecule has 0 aromatic heterocycles. The molecule has 0 saturated heterocycles. The zero-order valence-electron chi connectivity index (χ0n) is 10.4. The van der Waals surface area contributed by atoms with Gasteiger partial charge in [0.1, 0.15) is 5.82 Å². The van der Waals surface area contributed by atoms with Crippen LogP contribution in [0.4, 0.5) is 4.39 Å². The van der Waals surface area contributed by atoms with Gasteiger partial charge in [0.25, 0.3) is 0 Å². The van der Waals surface area contributed by atoms with E-state index in [1.807, 2.05) is 13.0 Å². The van der Waals surface area contributed by atoms with Crippen LogP contribution in [0.3, 0.4) is 0 Å². The van der Waals surface area contributed by atoms with E-state index >= 15 is 0 Å². The lowest BCUT2D eigenvalue weighted by atomic mass is 9.86. The molecule has 0 amide bonds. The van der Waals surface area contributed by atoms with E-state index in [0.717, 1.165) is 12.0 Å². The van der Waals surface area contributed by atoms with E-state index in [1.54, 1.807) is 12.1 Å². The van der Waals surface area contributed by atoms with Gasteiger partial charge in [-0.2, -0.15) is 0 Å². The van der Waals surface area contributed by atoms with E-state index in [9.17, 15) is 4.39 Å². The van der Waals surface area contributed by atoms with E-state index in [-0.39, 0.29) is 5.82 Å². The Morgan fingerprint density at radius 3 is 2.31 bits per heavy atom. The van der Waals surface area contributed by atoms with Crippen molar-refractivity contribution < 1.29 is 4.39 Å². The second-order valence-corrected chi connectivity index (χ2v) is 6.30. The summed E-state index contributed by atoms with van der Waals surface area (Å²) in [7, 11) is 0. The predicted octanol–water partition coefficient (Wildman–Crippen LogP) is 4.73. The Morgan fingerprint density at radius 1 is 1.25 bits per heavy atom. The number of alkyl halides is 1. The van der Waals surface area contributed by atoms with Crippen molar-refractivity contribution in [1.82, 2.24) is 0 Å². The van der Waals surface area contributed by atoms with Crippen LogP contribution in [0.15, 0.2) is 18.2 Å². The third kappa shape index (κ3) is 3.58. The number of rotatable bonds is 4. The standard InChI is InChI=1S/C14H20BrF/c1-9(2)14(11(4)15)8-12-5-6-13(16)7-10(12)3/h5-7,9,11,14H,8H2,1-4H3. The van der Waals surface area contributed by atoms with Crippen LogP contribution in [0.2, 0.25) is 0 Å². The van der Waals surface area contributed by atoms with Gasteiger partial charge >= 0.3 is 0 Å². The Kier molecular flexibility index (Phi) is 4.97. The fraction of sp³-hybridized carbons (Fsp3) is 0.571. The average molecular weight is 287 g/mol. The van der Waals surface area contributed by atoms with Gasteiger partial charge in [-0.05, 0) is 48.4 Å². The second-order valence-electron chi connectivity index (χ2n) is 4.86. The second kappa shape index (κ2) is 5.81. The minimum absolute atomic E-state index is 0.144. The van der Waals surface area contributed by atoms with Crippen molar-refractivity contribution in [2.45, 2.75) is 38.9 Å².